The highest BCUT2D eigenvalue weighted by Crippen LogP contribution is 2.19. The van der Waals surface area contributed by atoms with E-state index in [0.29, 0.717) is 23.9 Å². The Bertz CT molecular complexity index is 683. The minimum atomic E-state index is -0.327. The molecule has 0 aromatic heterocycles. The molecule has 1 amide bonds. The molecule has 0 bridgehead atoms. The molecule has 0 radical (unpaired) electrons. The first-order chi connectivity index (χ1) is 11.6. The van der Waals surface area contributed by atoms with Crippen molar-refractivity contribution in [1.82, 2.24) is 4.90 Å². The van der Waals surface area contributed by atoms with E-state index >= 15 is 0 Å². The van der Waals surface area contributed by atoms with Crippen molar-refractivity contribution in [2.75, 3.05) is 37.7 Å². The van der Waals surface area contributed by atoms with Crippen LogP contribution in [0, 0.1) is 5.82 Å². The molecule has 1 aliphatic heterocycles. The number of hydrogen-bond acceptors (Lipinski definition) is 3. The van der Waals surface area contributed by atoms with Crippen molar-refractivity contribution in [3.05, 3.63) is 59.4 Å². The Labute approximate surface area is 145 Å². The molecule has 0 spiro atoms. The van der Waals surface area contributed by atoms with Gasteiger partial charge in [0.05, 0.1) is 0 Å². The van der Waals surface area contributed by atoms with Gasteiger partial charge in [0.2, 0.25) is 0 Å². The van der Waals surface area contributed by atoms with E-state index in [1.807, 2.05) is 24.3 Å². The van der Waals surface area contributed by atoms with Crippen molar-refractivity contribution in [3.8, 4) is 5.75 Å². The number of piperazine rings is 1. The van der Waals surface area contributed by atoms with E-state index in [0.717, 1.165) is 18.8 Å². The fraction of sp³-hybridized carbons (Fsp3) is 0.278. The molecule has 6 heteroatoms. The molecule has 1 fully saturated rings. The molecule has 1 aliphatic rings. The largest absolute Gasteiger partial charge is 0.484 e. The van der Waals surface area contributed by atoms with Crippen molar-refractivity contribution in [3.63, 3.8) is 0 Å². The molecule has 2 aromatic carbocycles. The summed E-state index contributed by atoms with van der Waals surface area (Å²) < 4.78 is 18.2. The van der Waals surface area contributed by atoms with Gasteiger partial charge in [0.1, 0.15) is 11.6 Å². The highest BCUT2D eigenvalue weighted by molar-refractivity contribution is 6.30. The molecule has 0 N–H and O–H groups in total. The molecular weight excluding hydrogens is 331 g/mol. The third kappa shape index (κ3) is 4.17. The van der Waals surface area contributed by atoms with E-state index < -0.39 is 0 Å². The summed E-state index contributed by atoms with van der Waals surface area (Å²) >= 11 is 5.90. The van der Waals surface area contributed by atoms with Crippen molar-refractivity contribution in [1.29, 1.82) is 0 Å². The van der Waals surface area contributed by atoms with Gasteiger partial charge in [-0.25, -0.2) is 4.39 Å². The predicted molar refractivity (Wildman–Crippen MR) is 92.1 cm³/mol. The Morgan fingerprint density at radius 2 is 1.62 bits per heavy atom. The van der Waals surface area contributed by atoms with Crippen LogP contribution in [0.25, 0.3) is 0 Å². The summed E-state index contributed by atoms with van der Waals surface area (Å²) in [6, 6.07) is 13.3. The molecule has 4 nitrogen and oxygen atoms in total. The summed E-state index contributed by atoms with van der Waals surface area (Å²) in [6.45, 7) is 2.79. The van der Waals surface area contributed by atoms with E-state index in [2.05, 4.69) is 4.90 Å². The molecule has 1 heterocycles. The normalized spacial score (nSPS) is 14.6. The van der Waals surface area contributed by atoms with Crippen LogP contribution in [0.3, 0.4) is 0 Å². The fourth-order valence-electron chi connectivity index (χ4n) is 2.63. The van der Waals surface area contributed by atoms with Crippen molar-refractivity contribution in [2.24, 2.45) is 0 Å². The second-order valence-corrected chi connectivity index (χ2v) is 6.02. The number of hydrogen-bond donors (Lipinski definition) is 0. The summed E-state index contributed by atoms with van der Waals surface area (Å²) in [5.74, 6) is 0.103. The maximum atomic E-state index is 12.8. The summed E-state index contributed by atoms with van der Waals surface area (Å²) in [6.07, 6.45) is 0. The molecule has 3 rings (SSSR count). The van der Waals surface area contributed by atoms with E-state index in [1.165, 1.54) is 24.3 Å². The van der Waals surface area contributed by atoms with Gasteiger partial charge in [0.25, 0.3) is 5.91 Å². The standard InChI is InChI=1S/C18H18ClFN2O2/c19-14-1-5-16(6-2-14)21-9-11-22(12-10-21)18(23)13-24-17-7-3-15(20)4-8-17/h1-8H,9-13H2. The number of amides is 1. The van der Waals surface area contributed by atoms with E-state index in [-0.39, 0.29) is 18.3 Å². The molecule has 1 saturated heterocycles. The van der Waals surface area contributed by atoms with Gasteiger partial charge in [0, 0.05) is 36.9 Å². The third-order valence-corrected chi connectivity index (χ3v) is 4.25. The first-order valence-corrected chi connectivity index (χ1v) is 8.16. The lowest BCUT2D eigenvalue weighted by molar-refractivity contribution is -0.133. The molecule has 0 atom stereocenters. The van der Waals surface area contributed by atoms with E-state index in [9.17, 15) is 9.18 Å². The Kier molecular flexibility index (Phi) is 5.20. The van der Waals surface area contributed by atoms with Crippen molar-refractivity contribution < 1.29 is 13.9 Å². The predicted octanol–water partition coefficient (Wildman–Crippen LogP) is 3.21. The Morgan fingerprint density at radius 1 is 1.00 bits per heavy atom. The lowest BCUT2D eigenvalue weighted by Crippen LogP contribution is -2.50. The number of halogens is 2. The summed E-state index contributed by atoms with van der Waals surface area (Å²) in [5.41, 5.74) is 1.11. The molecule has 0 aliphatic carbocycles. The van der Waals surface area contributed by atoms with Crippen molar-refractivity contribution >= 4 is 23.2 Å². The molecule has 126 valence electrons. The topological polar surface area (TPSA) is 32.8 Å². The van der Waals surface area contributed by atoms with Crippen LogP contribution in [0.4, 0.5) is 10.1 Å². The third-order valence-electron chi connectivity index (χ3n) is 4.00. The first-order valence-electron chi connectivity index (χ1n) is 7.78. The zero-order valence-corrected chi connectivity index (χ0v) is 13.9. The zero-order chi connectivity index (χ0) is 16.9. The summed E-state index contributed by atoms with van der Waals surface area (Å²) in [5, 5.41) is 0.713. The van der Waals surface area contributed by atoms with Gasteiger partial charge in [-0.3, -0.25) is 4.79 Å². The summed E-state index contributed by atoms with van der Waals surface area (Å²) in [4.78, 5) is 16.2. The Morgan fingerprint density at radius 3 is 2.25 bits per heavy atom. The molecular formula is C18H18ClFN2O2. The molecule has 0 unspecified atom stereocenters. The van der Waals surface area contributed by atoms with Gasteiger partial charge >= 0.3 is 0 Å². The van der Waals surface area contributed by atoms with Gasteiger partial charge in [-0.05, 0) is 48.5 Å². The van der Waals surface area contributed by atoms with Crippen LogP contribution in [0.1, 0.15) is 0 Å². The zero-order valence-electron chi connectivity index (χ0n) is 13.1. The Hall–Kier alpha value is -2.27. The lowest BCUT2D eigenvalue weighted by Gasteiger charge is -2.36. The monoisotopic (exact) mass is 348 g/mol. The smallest absolute Gasteiger partial charge is 0.260 e. The average Bonchev–Trinajstić information content (AvgIpc) is 2.62. The first kappa shape index (κ1) is 16.6. The highest BCUT2D eigenvalue weighted by atomic mass is 35.5. The molecule has 2 aromatic rings. The number of carbonyl (C=O) groups is 1. The number of ether oxygens (including phenoxy) is 1. The minimum absolute atomic E-state index is 0.0351. The number of nitrogens with zero attached hydrogens (tertiary/aromatic N) is 2. The second-order valence-electron chi connectivity index (χ2n) is 5.59. The number of benzene rings is 2. The van der Waals surface area contributed by atoms with Gasteiger partial charge in [-0.1, -0.05) is 11.6 Å². The van der Waals surface area contributed by atoms with Gasteiger partial charge in [-0.2, -0.15) is 0 Å². The van der Waals surface area contributed by atoms with Crippen LogP contribution < -0.4 is 9.64 Å². The van der Waals surface area contributed by atoms with Crippen molar-refractivity contribution in [2.45, 2.75) is 0 Å². The van der Waals surface area contributed by atoms with Crippen LogP contribution in [-0.4, -0.2) is 43.6 Å². The molecule has 0 saturated carbocycles. The number of carbonyl (C=O) groups excluding carboxylic acids is 1. The van der Waals surface area contributed by atoms with E-state index in [1.54, 1.807) is 4.90 Å². The lowest BCUT2D eigenvalue weighted by atomic mass is 10.2. The van der Waals surface area contributed by atoms with Crippen LogP contribution >= 0.6 is 11.6 Å². The minimum Gasteiger partial charge on any atom is -0.484 e. The second kappa shape index (κ2) is 7.53. The van der Waals surface area contributed by atoms with Gasteiger partial charge in [-0.15, -0.1) is 0 Å². The summed E-state index contributed by atoms with van der Waals surface area (Å²) in [7, 11) is 0. The van der Waals surface area contributed by atoms with Crippen LogP contribution in [0.2, 0.25) is 5.02 Å². The number of rotatable bonds is 4. The average molecular weight is 349 g/mol. The SMILES string of the molecule is O=C(COc1ccc(F)cc1)N1CCN(c2ccc(Cl)cc2)CC1. The molecule has 24 heavy (non-hydrogen) atoms. The van der Waals surface area contributed by atoms with Gasteiger partial charge < -0.3 is 14.5 Å². The quantitative estimate of drug-likeness (QED) is 0.850. The van der Waals surface area contributed by atoms with Crippen LogP contribution in [-0.2, 0) is 4.79 Å². The van der Waals surface area contributed by atoms with Gasteiger partial charge in [0.15, 0.2) is 6.61 Å². The maximum absolute atomic E-state index is 12.8. The van der Waals surface area contributed by atoms with Crippen LogP contribution in [0.15, 0.2) is 48.5 Å². The van der Waals surface area contributed by atoms with Crippen LogP contribution in [0.5, 0.6) is 5.75 Å². The number of anilines is 1. The maximum Gasteiger partial charge on any atom is 0.260 e. The fourth-order valence-corrected chi connectivity index (χ4v) is 2.76. The Balaban J connectivity index is 1.48. The van der Waals surface area contributed by atoms with E-state index in [4.69, 9.17) is 16.3 Å². The highest BCUT2D eigenvalue weighted by Gasteiger charge is 2.21.